The molecular formula is C40H32N4OS. The van der Waals surface area contributed by atoms with E-state index < -0.39 is 0 Å². The number of nitrogens with zero attached hydrogens (tertiary/aromatic N) is 4. The van der Waals surface area contributed by atoms with Crippen LogP contribution in [0.5, 0.6) is 11.5 Å². The summed E-state index contributed by atoms with van der Waals surface area (Å²) in [5, 5.41) is 8.92. The Morgan fingerprint density at radius 1 is 0.674 bits per heavy atom. The van der Waals surface area contributed by atoms with Gasteiger partial charge in [-0.15, -0.1) is 5.10 Å². The molecule has 0 aliphatic heterocycles. The number of aryl methyl sites for hydroxylation is 2. The molecule has 5 aromatic carbocycles. The highest BCUT2D eigenvalue weighted by atomic mass is 32.2. The SMILES string of the molecule is Cc1cccc(C)c1-c1cn(-c2cccc(Oc3cccc([C@H](c4ccccn4)c4ccccc4Sc4ccccc4)c3)c2)nn1. The minimum absolute atomic E-state index is 0.0815. The van der Waals surface area contributed by atoms with Crippen molar-refractivity contribution >= 4 is 11.8 Å². The third-order valence-corrected chi connectivity index (χ3v) is 9.02. The Morgan fingerprint density at radius 3 is 2.20 bits per heavy atom. The van der Waals surface area contributed by atoms with Gasteiger partial charge in [-0.05, 0) is 90.7 Å². The van der Waals surface area contributed by atoms with Crippen molar-refractivity contribution in [2.24, 2.45) is 0 Å². The van der Waals surface area contributed by atoms with Crippen molar-refractivity contribution in [2.45, 2.75) is 29.6 Å². The first-order valence-corrected chi connectivity index (χ1v) is 16.0. The predicted octanol–water partition coefficient (Wildman–Crippen LogP) is 10.1. The third-order valence-electron chi connectivity index (χ3n) is 7.92. The number of aromatic nitrogens is 4. The Labute approximate surface area is 273 Å². The largest absolute Gasteiger partial charge is 0.457 e. The molecule has 0 unspecified atom stereocenters. The van der Waals surface area contributed by atoms with Gasteiger partial charge in [0.05, 0.1) is 23.5 Å². The van der Waals surface area contributed by atoms with Crippen LogP contribution in [0.1, 0.15) is 33.9 Å². The van der Waals surface area contributed by atoms with Crippen LogP contribution in [0, 0.1) is 13.8 Å². The van der Waals surface area contributed by atoms with Crippen LogP contribution in [-0.4, -0.2) is 20.0 Å². The fourth-order valence-electron chi connectivity index (χ4n) is 5.79. The smallest absolute Gasteiger partial charge is 0.129 e. The van der Waals surface area contributed by atoms with Crippen LogP contribution < -0.4 is 4.74 Å². The normalized spacial score (nSPS) is 11.7. The Hall–Kier alpha value is -5.46. The molecule has 0 N–H and O–H groups in total. The lowest BCUT2D eigenvalue weighted by atomic mass is 9.88. The lowest BCUT2D eigenvalue weighted by Gasteiger charge is -2.21. The number of pyridine rings is 1. The average molecular weight is 617 g/mol. The van der Waals surface area contributed by atoms with Gasteiger partial charge in [-0.25, -0.2) is 4.68 Å². The van der Waals surface area contributed by atoms with Gasteiger partial charge in [0.15, 0.2) is 0 Å². The zero-order valence-electron chi connectivity index (χ0n) is 25.6. The van der Waals surface area contributed by atoms with Crippen LogP contribution in [0.2, 0.25) is 0 Å². The van der Waals surface area contributed by atoms with Crippen molar-refractivity contribution in [2.75, 3.05) is 0 Å². The van der Waals surface area contributed by atoms with Crippen LogP contribution >= 0.6 is 11.8 Å². The van der Waals surface area contributed by atoms with Gasteiger partial charge < -0.3 is 4.74 Å². The average Bonchev–Trinajstić information content (AvgIpc) is 3.57. The Morgan fingerprint density at radius 2 is 1.39 bits per heavy atom. The lowest BCUT2D eigenvalue weighted by Crippen LogP contribution is -2.07. The molecule has 5 nitrogen and oxygen atoms in total. The topological polar surface area (TPSA) is 52.8 Å². The molecule has 0 fully saturated rings. The number of ether oxygens (including phenoxy) is 1. The van der Waals surface area contributed by atoms with Crippen LogP contribution in [0.15, 0.2) is 162 Å². The molecule has 7 rings (SSSR count). The number of hydrogen-bond acceptors (Lipinski definition) is 5. The lowest BCUT2D eigenvalue weighted by molar-refractivity contribution is 0.481. The summed E-state index contributed by atoms with van der Waals surface area (Å²) >= 11 is 1.77. The van der Waals surface area contributed by atoms with E-state index in [-0.39, 0.29) is 5.92 Å². The van der Waals surface area contributed by atoms with Gasteiger partial charge in [0.2, 0.25) is 0 Å². The van der Waals surface area contributed by atoms with Crippen molar-refractivity contribution in [1.29, 1.82) is 0 Å². The van der Waals surface area contributed by atoms with E-state index in [9.17, 15) is 0 Å². The summed E-state index contributed by atoms with van der Waals surface area (Å²) in [4.78, 5) is 7.19. The van der Waals surface area contributed by atoms with Crippen molar-refractivity contribution in [1.82, 2.24) is 20.0 Å². The molecule has 46 heavy (non-hydrogen) atoms. The predicted molar refractivity (Wildman–Crippen MR) is 185 cm³/mol. The van der Waals surface area contributed by atoms with Gasteiger partial charge in [0.1, 0.15) is 17.2 Å². The van der Waals surface area contributed by atoms with E-state index in [0.717, 1.165) is 34.0 Å². The molecule has 2 heterocycles. The first-order chi connectivity index (χ1) is 22.6. The zero-order chi connectivity index (χ0) is 31.3. The van der Waals surface area contributed by atoms with Crippen molar-refractivity contribution < 1.29 is 4.74 Å². The highest BCUT2D eigenvalue weighted by Gasteiger charge is 2.22. The molecule has 0 aliphatic carbocycles. The summed E-state index contributed by atoms with van der Waals surface area (Å²) in [5.41, 5.74) is 8.46. The Kier molecular flexibility index (Phi) is 8.44. The van der Waals surface area contributed by atoms with Gasteiger partial charge in [0.25, 0.3) is 0 Å². The second-order valence-electron chi connectivity index (χ2n) is 11.1. The minimum Gasteiger partial charge on any atom is -0.457 e. The van der Waals surface area contributed by atoms with Gasteiger partial charge in [-0.2, -0.15) is 0 Å². The van der Waals surface area contributed by atoms with Gasteiger partial charge in [0, 0.05) is 27.6 Å². The summed E-state index contributed by atoms with van der Waals surface area (Å²) in [7, 11) is 0. The molecule has 0 bridgehead atoms. The van der Waals surface area contributed by atoms with E-state index in [1.165, 1.54) is 26.5 Å². The van der Waals surface area contributed by atoms with Crippen LogP contribution in [0.25, 0.3) is 16.9 Å². The minimum atomic E-state index is -0.0815. The molecule has 6 heteroatoms. The third kappa shape index (κ3) is 6.34. The Bertz CT molecular complexity index is 2070. The van der Waals surface area contributed by atoms with E-state index in [1.807, 2.05) is 67.0 Å². The second-order valence-corrected chi connectivity index (χ2v) is 12.2. The summed E-state index contributed by atoms with van der Waals surface area (Å²) in [6.45, 7) is 4.20. The quantitative estimate of drug-likeness (QED) is 0.162. The summed E-state index contributed by atoms with van der Waals surface area (Å²) in [6.07, 6.45) is 3.83. The standard InChI is InChI=1S/C40H32N4OS/c1-28-13-10-14-29(2)39(28)37-27-44(43-42-37)31-16-12-18-33(26-31)45-32-17-11-15-30(25-32)40(36-22-8-9-24-41-36)35-21-6-7-23-38(35)46-34-19-4-3-5-20-34/h3-27,40H,1-2H3/t40-/m0/s1. The molecule has 0 radical (unpaired) electrons. The summed E-state index contributed by atoms with van der Waals surface area (Å²) in [6, 6.07) is 47.6. The summed E-state index contributed by atoms with van der Waals surface area (Å²) < 4.78 is 8.27. The van der Waals surface area contributed by atoms with Crippen molar-refractivity contribution in [3.63, 3.8) is 0 Å². The van der Waals surface area contributed by atoms with Gasteiger partial charge in [-0.3, -0.25) is 4.98 Å². The Balaban J connectivity index is 1.20. The highest BCUT2D eigenvalue weighted by molar-refractivity contribution is 7.99. The molecule has 0 saturated carbocycles. The van der Waals surface area contributed by atoms with Crippen LogP contribution in [0.4, 0.5) is 0 Å². The van der Waals surface area contributed by atoms with E-state index in [2.05, 4.69) is 109 Å². The molecule has 0 saturated heterocycles. The fraction of sp³-hybridized carbons (Fsp3) is 0.0750. The van der Waals surface area contributed by atoms with E-state index >= 15 is 0 Å². The maximum absolute atomic E-state index is 6.47. The maximum Gasteiger partial charge on any atom is 0.129 e. The molecule has 7 aromatic rings. The monoisotopic (exact) mass is 616 g/mol. The number of benzene rings is 5. The van der Waals surface area contributed by atoms with E-state index in [4.69, 9.17) is 9.72 Å². The van der Waals surface area contributed by atoms with Crippen molar-refractivity contribution in [3.05, 3.63) is 180 Å². The first-order valence-electron chi connectivity index (χ1n) is 15.2. The molecule has 224 valence electrons. The van der Waals surface area contributed by atoms with Crippen molar-refractivity contribution in [3.8, 4) is 28.4 Å². The highest BCUT2D eigenvalue weighted by Crippen LogP contribution is 2.40. The van der Waals surface area contributed by atoms with Crippen LogP contribution in [-0.2, 0) is 0 Å². The molecule has 2 aromatic heterocycles. The first kappa shape index (κ1) is 29.3. The molecule has 0 amide bonds. The second kappa shape index (κ2) is 13.3. The molecule has 1 atom stereocenters. The molecular weight excluding hydrogens is 585 g/mol. The van der Waals surface area contributed by atoms with Gasteiger partial charge >= 0.3 is 0 Å². The van der Waals surface area contributed by atoms with E-state index in [1.54, 1.807) is 16.4 Å². The molecule has 0 spiro atoms. The fourth-order valence-corrected chi connectivity index (χ4v) is 6.79. The maximum atomic E-state index is 6.47. The van der Waals surface area contributed by atoms with Crippen LogP contribution in [0.3, 0.4) is 0 Å². The van der Waals surface area contributed by atoms with Gasteiger partial charge in [-0.1, -0.05) is 95.8 Å². The number of rotatable bonds is 9. The zero-order valence-corrected chi connectivity index (χ0v) is 26.4. The molecule has 0 aliphatic rings. The number of hydrogen-bond donors (Lipinski definition) is 0. The summed E-state index contributed by atoms with van der Waals surface area (Å²) in [5.74, 6) is 1.38. The van der Waals surface area contributed by atoms with E-state index in [0.29, 0.717) is 5.75 Å².